The molecular weight excluding hydrogens is 302 g/mol. The first-order valence-corrected chi connectivity index (χ1v) is 9.58. The Kier molecular flexibility index (Phi) is 5.68. The van der Waals surface area contributed by atoms with Crippen molar-refractivity contribution in [2.75, 3.05) is 25.4 Å². The van der Waals surface area contributed by atoms with Crippen molar-refractivity contribution >= 4 is 11.8 Å². The van der Waals surface area contributed by atoms with Crippen LogP contribution in [-0.2, 0) is 0 Å². The van der Waals surface area contributed by atoms with Crippen LogP contribution in [0.4, 0.5) is 0 Å². The molecule has 3 nitrogen and oxygen atoms in total. The number of aryl methyl sites for hydroxylation is 2. The van der Waals surface area contributed by atoms with Crippen LogP contribution in [0.15, 0.2) is 35.4 Å². The van der Waals surface area contributed by atoms with Crippen molar-refractivity contribution in [1.82, 2.24) is 10.2 Å². The third kappa shape index (κ3) is 4.55. The number of quaternary nitrogens is 1. The highest BCUT2D eigenvalue weighted by Gasteiger charge is 2.13. The summed E-state index contributed by atoms with van der Waals surface area (Å²) in [6.45, 7) is 8.17. The molecule has 0 aliphatic carbocycles. The number of thioether (sulfide) groups is 1. The first-order chi connectivity index (χ1) is 11.2. The Hall–Kier alpha value is -1.39. The van der Waals surface area contributed by atoms with Crippen molar-refractivity contribution in [3.8, 4) is 11.3 Å². The van der Waals surface area contributed by atoms with Gasteiger partial charge in [0.15, 0.2) is 0 Å². The van der Waals surface area contributed by atoms with Gasteiger partial charge in [0, 0.05) is 11.3 Å². The smallest absolute Gasteiger partial charge is 0.119 e. The highest BCUT2D eigenvalue weighted by atomic mass is 32.2. The molecule has 23 heavy (non-hydrogen) atoms. The Morgan fingerprint density at radius 1 is 1.00 bits per heavy atom. The molecule has 1 N–H and O–H groups in total. The first kappa shape index (κ1) is 16.5. The van der Waals surface area contributed by atoms with Crippen molar-refractivity contribution in [3.63, 3.8) is 0 Å². The molecule has 0 atom stereocenters. The van der Waals surface area contributed by atoms with Gasteiger partial charge in [0.1, 0.15) is 5.03 Å². The largest absolute Gasteiger partial charge is 0.334 e. The van der Waals surface area contributed by atoms with Gasteiger partial charge < -0.3 is 4.90 Å². The molecule has 122 valence electrons. The molecule has 0 radical (unpaired) electrons. The van der Waals surface area contributed by atoms with E-state index < -0.39 is 0 Å². The normalized spacial score (nSPS) is 15.7. The second-order valence-electron chi connectivity index (χ2n) is 6.48. The Labute approximate surface area is 143 Å². The minimum atomic E-state index is 0.970. The van der Waals surface area contributed by atoms with E-state index in [2.05, 4.69) is 54.4 Å². The molecule has 2 aromatic rings. The van der Waals surface area contributed by atoms with Crippen LogP contribution in [-0.4, -0.2) is 35.6 Å². The van der Waals surface area contributed by atoms with Crippen molar-refractivity contribution < 1.29 is 4.90 Å². The molecule has 1 aliphatic heterocycles. The molecule has 0 amide bonds. The van der Waals surface area contributed by atoms with Crippen LogP contribution in [0.5, 0.6) is 0 Å². The molecule has 0 spiro atoms. The molecule has 4 heteroatoms. The Morgan fingerprint density at radius 2 is 1.83 bits per heavy atom. The first-order valence-electron chi connectivity index (χ1n) is 8.60. The van der Waals surface area contributed by atoms with Crippen LogP contribution < -0.4 is 4.90 Å². The second-order valence-corrected chi connectivity index (χ2v) is 7.60. The monoisotopic (exact) mass is 328 g/mol. The predicted octanol–water partition coefficient (Wildman–Crippen LogP) is 2.92. The maximum atomic E-state index is 4.44. The van der Waals surface area contributed by atoms with E-state index >= 15 is 0 Å². The van der Waals surface area contributed by atoms with E-state index in [1.807, 2.05) is 11.8 Å². The summed E-state index contributed by atoms with van der Waals surface area (Å²) in [7, 11) is 0. The number of aromatic nitrogens is 2. The summed E-state index contributed by atoms with van der Waals surface area (Å²) in [6, 6.07) is 10.7. The lowest BCUT2D eigenvalue weighted by atomic mass is 10.0. The van der Waals surface area contributed by atoms with Crippen LogP contribution in [0.1, 0.15) is 30.4 Å². The van der Waals surface area contributed by atoms with Crippen molar-refractivity contribution in [2.24, 2.45) is 0 Å². The van der Waals surface area contributed by atoms with Crippen LogP contribution in [0.3, 0.4) is 0 Å². The average Bonchev–Trinajstić information content (AvgIpc) is 2.59. The fraction of sp³-hybridized carbons (Fsp3) is 0.474. The molecule has 0 unspecified atom stereocenters. The van der Waals surface area contributed by atoms with Crippen LogP contribution in [0.2, 0.25) is 0 Å². The number of likely N-dealkylation sites (tertiary alicyclic amines) is 1. The second kappa shape index (κ2) is 7.93. The molecule has 0 bridgehead atoms. The van der Waals surface area contributed by atoms with E-state index in [1.165, 1.54) is 55.6 Å². The summed E-state index contributed by atoms with van der Waals surface area (Å²) < 4.78 is 0. The van der Waals surface area contributed by atoms with Crippen molar-refractivity contribution in [2.45, 2.75) is 38.1 Å². The van der Waals surface area contributed by atoms with E-state index in [-0.39, 0.29) is 0 Å². The highest BCUT2D eigenvalue weighted by Crippen LogP contribution is 2.23. The van der Waals surface area contributed by atoms with E-state index in [0.717, 1.165) is 16.5 Å². The quantitative estimate of drug-likeness (QED) is 0.856. The molecule has 0 saturated carbocycles. The van der Waals surface area contributed by atoms with Gasteiger partial charge in [-0.3, -0.25) is 0 Å². The van der Waals surface area contributed by atoms with Gasteiger partial charge in [-0.25, -0.2) is 0 Å². The van der Waals surface area contributed by atoms with Crippen molar-refractivity contribution in [1.29, 1.82) is 0 Å². The highest BCUT2D eigenvalue weighted by molar-refractivity contribution is 7.99. The number of hydrogen-bond donors (Lipinski definition) is 1. The van der Waals surface area contributed by atoms with E-state index in [0.29, 0.717) is 0 Å². The van der Waals surface area contributed by atoms with Gasteiger partial charge in [0.2, 0.25) is 0 Å². The lowest BCUT2D eigenvalue weighted by molar-refractivity contribution is -0.902. The molecule has 1 aromatic carbocycles. The van der Waals surface area contributed by atoms with Crippen LogP contribution in [0, 0.1) is 13.8 Å². The minimum Gasteiger partial charge on any atom is -0.334 e. The lowest BCUT2D eigenvalue weighted by Gasteiger charge is -2.23. The molecule has 3 rings (SSSR count). The minimum absolute atomic E-state index is 0.970. The van der Waals surface area contributed by atoms with Gasteiger partial charge in [0.05, 0.1) is 25.3 Å². The summed E-state index contributed by atoms with van der Waals surface area (Å²) in [4.78, 5) is 1.75. The van der Waals surface area contributed by atoms with E-state index in [4.69, 9.17) is 0 Å². The summed E-state index contributed by atoms with van der Waals surface area (Å²) in [5.41, 5.74) is 4.67. The summed E-state index contributed by atoms with van der Waals surface area (Å²) >= 11 is 1.83. The van der Waals surface area contributed by atoms with Crippen LogP contribution >= 0.6 is 11.8 Å². The maximum absolute atomic E-state index is 4.44. The standard InChI is InChI=1S/C19H25N3S/c1-15-6-7-16(2)17(14-15)18-8-9-19(21-20-18)23-13-12-22-10-4-3-5-11-22/h6-9,14H,3-5,10-13H2,1-2H3/p+1. The van der Waals surface area contributed by atoms with E-state index in [9.17, 15) is 0 Å². The number of rotatable bonds is 5. The van der Waals surface area contributed by atoms with E-state index in [1.54, 1.807) is 4.90 Å². The zero-order chi connectivity index (χ0) is 16.1. The summed E-state index contributed by atoms with van der Waals surface area (Å²) in [6.07, 6.45) is 4.21. The molecule has 2 heterocycles. The Balaban J connectivity index is 1.57. The maximum Gasteiger partial charge on any atom is 0.119 e. The van der Waals surface area contributed by atoms with Gasteiger partial charge in [-0.1, -0.05) is 29.5 Å². The van der Waals surface area contributed by atoms with Gasteiger partial charge in [-0.15, -0.1) is 10.2 Å². The molecule has 1 aliphatic rings. The Bertz CT molecular complexity index is 634. The third-order valence-electron chi connectivity index (χ3n) is 4.58. The average molecular weight is 329 g/mol. The topological polar surface area (TPSA) is 30.2 Å². The predicted molar refractivity (Wildman–Crippen MR) is 97.1 cm³/mol. The number of nitrogens with one attached hydrogen (secondary N) is 1. The van der Waals surface area contributed by atoms with Crippen molar-refractivity contribution in [3.05, 3.63) is 41.5 Å². The molecule has 1 fully saturated rings. The molecule has 1 saturated heterocycles. The van der Waals surface area contributed by atoms with Gasteiger partial charge in [0.25, 0.3) is 0 Å². The molecule has 1 aromatic heterocycles. The lowest BCUT2D eigenvalue weighted by Crippen LogP contribution is -3.13. The number of hydrogen-bond acceptors (Lipinski definition) is 3. The van der Waals surface area contributed by atoms with Crippen LogP contribution in [0.25, 0.3) is 11.3 Å². The fourth-order valence-electron chi connectivity index (χ4n) is 3.15. The number of nitrogens with zero attached hydrogens (tertiary/aromatic N) is 2. The summed E-state index contributed by atoms with van der Waals surface area (Å²) in [5, 5.41) is 9.89. The molecular formula is C19H26N3S+. The zero-order valence-corrected chi connectivity index (χ0v) is 15.0. The summed E-state index contributed by atoms with van der Waals surface area (Å²) in [5.74, 6) is 1.13. The number of benzene rings is 1. The third-order valence-corrected chi connectivity index (χ3v) is 5.50. The zero-order valence-electron chi connectivity index (χ0n) is 14.1. The fourth-order valence-corrected chi connectivity index (χ4v) is 4.02. The van der Waals surface area contributed by atoms with Gasteiger partial charge in [-0.2, -0.15) is 0 Å². The van der Waals surface area contributed by atoms with Gasteiger partial charge >= 0.3 is 0 Å². The SMILES string of the molecule is Cc1ccc(C)c(-c2ccc(SCC[NH+]3CCCCC3)nn2)c1. The van der Waals surface area contributed by atoms with Gasteiger partial charge in [-0.05, 0) is 56.9 Å². The Morgan fingerprint density at radius 3 is 2.57 bits per heavy atom. The number of piperidine rings is 1.